The second-order valence-corrected chi connectivity index (χ2v) is 9.11. The van der Waals surface area contributed by atoms with Crippen LogP contribution in [0.3, 0.4) is 0 Å². The number of hydrogen-bond donors (Lipinski definition) is 1. The van der Waals surface area contributed by atoms with E-state index in [1.807, 2.05) is 36.4 Å². The van der Waals surface area contributed by atoms with Gasteiger partial charge in [-0.05, 0) is 67.7 Å². The minimum Gasteiger partial charge on any atom is -0.496 e. The van der Waals surface area contributed by atoms with Gasteiger partial charge in [0.2, 0.25) is 0 Å². The minimum atomic E-state index is 0.511. The molecule has 1 aromatic carbocycles. The number of ether oxygens (including phenoxy) is 2. The summed E-state index contributed by atoms with van der Waals surface area (Å²) in [6.07, 6.45) is 4.95. The lowest BCUT2D eigenvalue weighted by Crippen LogP contribution is -2.32. The van der Waals surface area contributed by atoms with Gasteiger partial charge in [-0.15, -0.1) is 10.2 Å². The maximum absolute atomic E-state index is 5.51. The molecule has 0 spiro atoms. The molecule has 3 fully saturated rings. The minimum absolute atomic E-state index is 0.511. The van der Waals surface area contributed by atoms with Crippen molar-refractivity contribution in [2.24, 2.45) is 17.8 Å². The molecule has 6 heteroatoms. The lowest BCUT2D eigenvalue weighted by molar-refractivity contribution is 0.0545. The zero-order chi connectivity index (χ0) is 20.3. The van der Waals surface area contributed by atoms with Gasteiger partial charge in [0.1, 0.15) is 11.6 Å². The summed E-state index contributed by atoms with van der Waals surface area (Å²) in [5.74, 6) is 4.17. The molecule has 0 radical (unpaired) electrons. The van der Waals surface area contributed by atoms with Crippen LogP contribution in [0.1, 0.15) is 25.7 Å². The fraction of sp³-hybridized carbons (Fsp3) is 0.583. The molecule has 3 heterocycles. The molecule has 2 aliphatic heterocycles. The summed E-state index contributed by atoms with van der Waals surface area (Å²) in [5.41, 5.74) is 1.81. The molecule has 3 atom stereocenters. The Morgan fingerprint density at radius 2 is 1.80 bits per heavy atom. The summed E-state index contributed by atoms with van der Waals surface area (Å²) in [4.78, 5) is 2.71. The largest absolute Gasteiger partial charge is 0.496 e. The van der Waals surface area contributed by atoms with Gasteiger partial charge in [-0.2, -0.15) is 0 Å². The first-order chi connectivity index (χ1) is 14.8. The molecule has 0 unspecified atom stereocenters. The summed E-state index contributed by atoms with van der Waals surface area (Å²) in [7, 11) is 1.68. The molecule has 30 heavy (non-hydrogen) atoms. The second-order valence-electron chi connectivity index (χ2n) is 9.11. The zero-order valence-corrected chi connectivity index (χ0v) is 17.8. The van der Waals surface area contributed by atoms with Crippen LogP contribution in [0.25, 0.3) is 11.3 Å². The molecular weight excluding hydrogens is 376 g/mol. The Morgan fingerprint density at radius 1 is 1.03 bits per heavy atom. The van der Waals surface area contributed by atoms with Crippen LogP contribution < -0.4 is 10.1 Å². The van der Waals surface area contributed by atoms with Crippen LogP contribution in [0.5, 0.6) is 5.75 Å². The SMILES string of the molecule is COc1ccccc1-c1ccc(N[C@H]2C[C@@H]3CN(CC4CCOCC4)C[C@@H]3C2)nn1. The fourth-order valence-corrected chi connectivity index (χ4v) is 5.58. The highest BCUT2D eigenvalue weighted by Gasteiger charge is 2.41. The van der Waals surface area contributed by atoms with Crippen molar-refractivity contribution >= 4 is 5.82 Å². The van der Waals surface area contributed by atoms with E-state index in [9.17, 15) is 0 Å². The molecule has 5 rings (SSSR count). The summed E-state index contributed by atoms with van der Waals surface area (Å²) in [6.45, 7) is 5.70. The van der Waals surface area contributed by atoms with Crippen LogP contribution in [0, 0.1) is 17.8 Å². The average molecular weight is 409 g/mol. The van der Waals surface area contributed by atoms with E-state index in [0.717, 1.165) is 53.8 Å². The van der Waals surface area contributed by atoms with Gasteiger partial charge in [0.05, 0.1) is 12.8 Å². The molecule has 6 nitrogen and oxygen atoms in total. The van der Waals surface area contributed by atoms with Gasteiger partial charge < -0.3 is 19.7 Å². The lowest BCUT2D eigenvalue weighted by atomic mass is 10.00. The molecule has 2 saturated heterocycles. The van der Waals surface area contributed by atoms with E-state index >= 15 is 0 Å². The smallest absolute Gasteiger partial charge is 0.148 e. The summed E-state index contributed by atoms with van der Waals surface area (Å²) in [5, 5.41) is 12.5. The quantitative estimate of drug-likeness (QED) is 0.787. The summed E-state index contributed by atoms with van der Waals surface area (Å²) < 4.78 is 11.0. The average Bonchev–Trinajstić information content (AvgIpc) is 3.33. The van der Waals surface area contributed by atoms with Crippen molar-refractivity contribution in [3.8, 4) is 17.0 Å². The maximum Gasteiger partial charge on any atom is 0.148 e. The number of nitrogens with one attached hydrogen (secondary N) is 1. The Balaban J connectivity index is 1.14. The maximum atomic E-state index is 5.51. The van der Waals surface area contributed by atoms with E-state index in [0.29, 0.717) is 6.04 Å². The fourth-order valence-electron chi connectivity index (χ4n) is 5.58. The van der Waals surface area contributed by atoms with E-state index in [1.54, 1.807) is 7.11 Å². The summed E-state index contributed by atoms with van der Waals surface area (Å²) in [6, 6.07) is 12.5. The van der Waals surface area contributed by atoms with Gasteiger partial charge in [0.25, 0.3) is 0 Å². The van der Waals surface area contributed by atoms with E-state index in [1.165, 1.54) is 45.3 Å². The predicted octanol–water partition coefficient (Wildman–Crippen LogP) is 3.70. The third-order valence-corrected chi connectivity index (χ3v) is 7.08. The lowest BCUT2D eigenvalue weighted by Gasteiger charge is -2.27. The number of nitrogens with zero attached hydrogens (tertiary/aromatic N) is 3. The van der Waals surface area contributed by atoms with Crippen molar-refractivity contribution < 1.29 is 9.47 Å². The molecule has 1 aromatic heterocycles. The number of benzene rings is 1. The molecule has 160 valence electrons. The molecular formula is C24H32N4O2. The second kappa shape index (κ2) is 8.90. The van der Waals surface area contributed by atoms with Gasteiger partial charge in [0, 0.05) is 44.5 Å². The van der Waals surface area contributed by atoms with Crippen molar-refractivity contribution in [1.82, 2.24) is 15.1 Å². The van der Waals surface area contributed by atoms with Crippen molar-refractivity contribution in [3.05, 3.63) is 36.4 Å². The first-order valence-corrected chi connectivity index (χ1v) is 11.3. The van der Waals surface area contributed by atoms with Crippen molar-refractivity contribution in [2.45, 2.75) is 31.7 Å². The van der Waals surface area contributed by atoms with Crippen molar-refractivity contribution in [1.29, 1.82) is 0 Å². The number of rotatable bonds is 6. The standard InChI is InChI=1S/C24H32N4O2/c1-29-23-5-3-2-4-21(23)22-6-7-24(27-26-22)25-20-12-18-15-28(16-19(18)13-20)14-17-8-10-30-11-9-17/h2-7,17-20H,8-16H2,1H3,(H,25,27)/t18-,19+,20+. The number of methoxy groups -OCH3 is 1. The molecule has 0 amide bonds. The highest BCUT2D eigenvalue weighted by Crippen LogP contribution is 2.39. The molecule has 0 bridgehead atoms. The molecule has 3 aliphatic rings. The Labute approximate surface area is 179 Å². The normalized spacial score (nSPS) is 27.2. The van der Waals surface area contributed by atoms with Crippen molar-refractivity contribution in [2.75, 3.05) is 45.3 Å². The number of para-hydroxylation sites is 1. The predicted molar refractivity (Wildman–Crippen MR) is 118 cm³/mol. The zero-order valence-electron chi connectivity index (χ0n) is 17.8. The molecule has 1 N–H and O–H groups in total. The number of hydrogen-bond acceptors (Lipinski definition) is 6. The molecule has 1 saturated carbocycles. The van der Waals surface area contributed by atoms with Crippen molar-refractivity contribution in [3.63, 3.8) is 0 Å². The topological polar surface area (TPSA) is 59.5 Å². The summed E-state index contributed by atoms with van der Waals surface area (Å²) >= 11 is 0. The Hall–Kier alpha value is -2.18. The first-order valence-electron chi connectivity index (χ1n) is 11.3. The van der Waals surface area contributed by atoms with E-state index in [4.69, 9.17) is 9.47 Å². The third-order valence-electron chi connectivity index (χ3n) is 7.08. The van der Waals surface area contributed by atoms with Gasteiger partial charge in [-0.1, -0.05) is 12.1 Å². The highest BCUT2D eigenvalue weighted by molar-refractivity contribution is 5.67. The van der Waals surface area contributed by atoms with Crippen LogP contribution in [-0.2, 0) is 4.74 Å². The Morgan fingerprint density at radius 3 is 2.50 bits per heavy atom. The number of likely N-dealkylation sites (tertiary alicyclic amines) is 1. The van der Waals surface area contributed by atoms with Gasteiger partial charge >= 0.3 is 0 Å². The molecule has 1 aliphatic carbocycles. The number of anilines is 1. The monoisotopic (exact) mass is 408 g/mol. The van der Waals surface area contributed by atoms with E-state index in [2.05, 4.69) is 20.4 Å². The van der Waals surface area contributed by atoms with E-state index in [-0.39, 0.29) is 0 Å². The Kier molecular flexibility index (Phi) is 5.86. The third kappa shape index (κ3) is 4.30. The highest BCUT2D eigenvalue weighted by atomic mass is 16.5. The Bertz CT molecular complexity index is 823. The van der Waals surface area contributed by atoms with Gasteiger partial charge in [-0.3, -0.25) is 0 Å². The van der Waals surface area contributed by atoms with Crippen LogP contribution in [0.4, 0.5) is 5.82 Å². The van der Waals surface area contributed by atoms with E-state index < -0.39 is 0 Å². The van der Waals surface area contributed by atoms with Crippen LogP contribution in [0.2, 0.25) is 0 Å². The van der Waals surface area contributed by atoms with Crippen LogP contribution >= 0.6 is 0 Å². The number of aromatic nitrogens is 2. The van der Waals surface area contributed by atoms with Crippen LogP contribution in [0.15, 0.2) is 36.4 Å². The van der Waals surface area contributed by atoms with Crippen LogP contribution in [-0.4, -0.2) is 61.1 Å². The number of fused-ring (bicyclic) bond motifs is 1. The van der Waals surface area contributed by atoms with Gasteiger partial charge in [-0.25, -0.2) is 0 Å². The molecule has 2 aromatic rings. The van der Waals surface area contributed by atoms with Gasteiger partial charge in [0.15, 0.2) is 0 Å². The first kappa shape index (κ1) is 19.8.